The van der Waals surface area contributed by atoms with E-state index in [9.17, 15) is 14.4 Å². The van der Waals surface area contributed by atoms with Crippen LogP contribution in [-0.2, 0) is 14.3 Å². The molecule has 184 valence electrons. The molecule has 1 N–H and O–H groups in total. The minimum atomic E-state index is -0.560. The molecule has 0 unspecified atom stereocenters. The summed E-state index contributed by atoms with van der Waals surface area (Å²) < 4.78 is 17.3. The third-order valence-corrected chi connectivity index (χ3v) is 6.99. The lowest BCUT2D eigenvalue weighted by Crippen LogP contribution is -2.41. The van der Waals surface area contributed by atoms with Gasteiger partial charge in [-0.25, -0.2) is 0 Å². The van der Waals surface area contributed by atoms with Crippen molar-refractivity contribution in [3.05, 3.63) is 53.1 Å². The smallest absolute Gasteiger partial charge is 0.309 e. The molecule has 0 aromatic heterocycles. The molecule has 2 aliphatic heterocycles. The molecular weight excluding hydrogens is 472 g/mol. The molecule has 2 aromatic rings. The summed E-state index contributed by atoms with van der Waals surface area (Å²) in [4.78, 5) is 39.2. The van der Waals surface area contributed by atoms with Crippen LogP contribution in [0.3, 0.4) is 0 Å². The van der Waals surface area contributed by atoms with Crippen LogP contribution in [0.15, 0.2) is 42.5 Å². The van der Waals surface area contributed by atoms with Gasteiger partial charge in [-0.15, -0.1) is 0 Å². The van der Waals surface area contributed by atoms with Gasteiger partial charge in [0, 0.05) is 48.3 Å². The summed E-state index contributed by atoms with van der Waals surface area (Å²) in [5.74, 6) is -0.551. The van der Waals surface area contributed by atoms with Crippen molar-refractivity contribution in [1.82, 2.24) is 4.90 Å². The second-order valence-electron chi connectivity index (χ2n) is 9.21. The van der Waals surface area contributed by atoms with Gasteiger partial charge in [0.1, 0.15) is 0 Å². The Labute approximate surface area is 208 Å². The Morgan fingerprint density at radius 2 is 1.69 bits per heavy atom. The van der Waals surface area contributed by atoms with E-state index >= 15 is 0 Å². The summed E-state index contributed by atoms with van der Waals surface area (Å²) in [6, 6.07) is 12.0. The molecule has 35 heavy (non-hydrogen) atoms. The van der Waals surface area contributed by atoms with E-state index < -0.39 is 17.7 Å². The highest BCUT2D eigenvalue weighted by atomic mass is 35.5. The van der Waals surface area contributed by atoms with Gasteiger partial charge in [0.2, 0.25) is 0 Å². The summed E-state index contributed by atoms with van der Waals surface area (Å²) >= 11 is 5.88. The summed E-state index contributed by atoms with van der Waals surface area (Å²) in [5, 5.41) is 3.31. The average Bonchev–Trinajstić information content (AvgIpc) is 3.47. The molecule has 1 spiro atoms. The largest absolute Gasteiger partial charge is 0.455 e. The highest BCUT2D eigenvalue weighted by Gasteiger charge is 2.44. The zero-order valence-corrected chi connectivity index (χ0v) is 20.0. The van der Waals surface area contributed by atoms with E-state index in [2.05, 4.69) is 5.32 Å². The summed E-state index contributed by atoms with van der Waals surface area (Å²) in [6.45, 7) is 0.527. The molecule has 2 aromatic carbocycles. The third kappa shape index (κ3) is 5.22. The lowest BCUT2D eigenvalue weighted by atomic mass is 9.96. The number of fused-ring (bicyclic) bond motifs is 1. The number of benzene rings is 2. The topological polar surface area (TPSA) is 94.2 Å². The first-order chi connectivity index (χ1) is 16.9. The van der Waals surface area contributed by atoms with Gasteiger partial charge < -0.3 is 24.4 Å². The first-order valence-electron chi connectivity index (χ1n) is 11.9. The minimum absolute atomic E-state index is 0.0876. The highest BCUT2D eigenvalue weighted by molar-refractivity contribution is 6.30. The van der Waals surface area contributed by atoms with Crippen LogP contribution < -0.4 is 14.8 Å². The van der Waals surface area contributed by atoms with Crippen LogP contribution in [0.25, 0.3) is 0 Å². The molecule has 8 nitrogen and oxygen atoms in total. The number of piperidine rings is 1. The van der Waals surface area contributed by atoms with Crippen LogP contribution in [0, 0.1) is 5.92 Å². The number of nitrogens with zero attached hydrogens (tertiary/aromatic N) is 1. The number of amides is 2. The highest BCUT2D eigenvalue weighted by Crippen LogP contribution is 2.47. The minimum Gasteiger partial charge on any atom is -0.455 e. The molecule has 2 heterocycles. The molecule has 1 saturated heterocycles. The summed E-state index contributed by atoms with van der Waals surface area (Å²) in [5.41, 5.74) is 1.12. The second-order valence-corrected chi connectivity index (χ2v) is 9.65. The molecule has 1 aliphatic carbocycles. The number of carbonyl (C=O) groups excluding carboxylic acids is 3. The fourth-order valence-corrected chi connectivity index (χ4v) is 4.96. The van der Waals surface area contributed by atoms with Crippen molar-refractivity contribution in [3.63, 3.8) is 0 Å². The average molecular weight is 499 g/mol. The Hall–Kier alpha value is -3.26. The standard InChI is InChI=1S/C26H27ClN2O6/c27-19-5-3-17(4-6-19)24(31)29-13-9-18(10-14-29)25(32)33-16-23(30)28-20-7-8-21-22(15-20)35-26(34-21)11-1-2-12-26/h3-8,15,18H,1-2,9-14,16H2,(H,28,30). The number of carbonyl (C=O) groups is 3. The number of rotatable bonds is 5. The van der Waals surface area contributed by atoms with Crippen LogP contribution in [0.5, 0.6) is 11.5 Å². The Balaban J connectivity index is 1.07. The van der Waals surface area contributed by atoms with Gasteiger partial charge >= 0.3 is 5.97 Å². The maximum atomic E-state index is 12.6. The first kappa shape index (κ1) is 23.5. The van der Waals surface area contributed by atoms with Crippen molar-refractivity contribution in [2.45, 2.75) is 44.3 Å². The van der Waals surface area contributed by atoms with Crippen molar-refractivity contribution in [2.24, 2.45) is 5.92 Å². The van der Waals surface area contributed by atoms with Crippen LogP contribution in [-0.4, -0.2) is 48.2 Å². The number of likely N-dealkylation sites (tertiary alicyclic amines) is 1. The van der Waals surface area contributed by atoms with Gasteiger partial charge in [-0.05, 0) is 62.1 Å². The Morgan fingerprint density at radius 1 is 1.00 bits per heavy atom. The molecule has 0 bridgehead atoms. The number of ether oxygens (including phenoxy) is 3. The van der Waals surface area contributed by atoms with E-state index in [1.165, 1.54) is 0 Å². The van der Waals surface area contributed by atoms with Crippen LogP contribution in [0.1, 0.15) is 48.9 Å². The van der Waals surface area contributed by atoms with E-state index in [0.717, 1.165) is 25.7 Å². The monoisotopic (exact) mass is 498 g/mol. The molecule has 3 aliphatic rings. The van der Waals surface area contributed by atoms with E-state index in [0.29, 0.717) is 53.7 Å². The molecular formula is C26H27ClN2O6. The van der Waals surface area contributed by atoms with Crippen molar-refractivity contribution in [2.75, 3.05) is 25.0 Å². The molecule has 5 rings (SSSR count). The molecule has 0 radical (unpaired) electrons. The Kier molecular flexibility index (Phi) is 6.56. The van der Waals surface area contributed by atoms with Crippen molar-refractivity contribution >= 4 is 35.1 Å². The van der Waals surface area contributed by atoms with Crippen molar-refractivity contribution in [1.29, 1.82) is 0 Å². The van der Waals surface area contributed by atoms with Gasteiger partial charge in [0.25, 0.3) is 17.6 Å². The third-order valence-electron chi connectivity index (χ3n) is 6.74. The molecule has 1 saturated carbocycles. The fourth-order valence-electron chi connectivity index (χ4n) is 4.83. The number of nitrogens with one attached hydrogen (secondary N) is 1. The molecule has 2 fully saturated rings. The zero-order chi connectivity index (χ0) is 24.4. The van der Waals surface area contributed by atoms with Crippen molar-refractivity contribution in [3.8, 4) is 11.5 Å². The normalized spacial score (nSPS) is 18.5. The lowest BCUT2D eigenvalue weighted by Gasteiger charge is -2.31. The summed E-state index contributed by atoms with van der Waals surface area (Å²) in [6.07, 6.45) is 4.83. The molecule has 9 heteroatoms. The second kappa shape index (κ2) is 9.77. The lowest BCUT2D eigenvalue weighted by molar-refractivity contribution is -0.152. The van der Waals surface area contributed by atoms with Crippen molar-refractivity contribution < 1.29 is 28.6 Å². The quantitative estimate of drug-likeness (QED) is 0.613. The maximum absolute atomic E-state index is 12.6. The van der Waals surface area contributed by atoms with Crippen LogP contribution in [0.4, 0.5) is 5.69 Å². The molecule has 2 amide bonds. The number of halogens is 1. The SMILES string of the molecule is O=C(COC(=O)C1CCN(C(=O)c2ccc(Cl)cc2)CC1)Nc1ccc2c(c1)OC1(CCCC1)O2. The van der Waals surface area contributed by atoms with Gasteiger partial charge in [-0.3, -0.25) is 14.4 Å². The molecule has 0 atom stereocenters. The predicted molar refractivity (Wildman–Crippen MR) is 129 cm³/mol. The van der Waals surface area contributed by atoms with E-state index in [-0.39, 0.29) is 18.4 Å². The Morgan fingerprint density at radius 3 is 2.40 bits per heavy atom. The number of anilines is 1. The fraction of sp³-hybridized carbons (Fsp3) is 0.423. The first-order valence-corrected chi connectivity index (χ1v) is 12.3. The summed E-state index contributed by atoms with van der Waals surface area (Å²) in [7, 11) is 0. The van der Waals surface area contributed by atoms with Gasteiger partial charge in [-0.1, -0.05) is 11.6 Å². The van der Waals surface area contributed by atoms with E-state index in [1.807, 2.05) is 0 Å². The van der Waals surface area contributed by atoms with E-state index in [1.54, 1.807) is 47.4 Å². The van der Waals surface area contributed by atoms with Gasteiger partial charge in [-0.2, -0.15) is 0 Å². The number of esters is 1. The van der Waals surface area contributed by atoms with Crippen LogP contribution in [0.2, 0.25) is 5.02 Å². The van der Waals surface area contributed by atoms with E-state index in [4.69, 9.17) is 25.8 Å². The number of hydrogen-bond acceptors (Lipinski definition) is 6. The number of hydrogen-bond donors (Lipinski definition) is 1. The van der Waals surface area contributed by atoms with Gasteiger partial charge in [0.05, 0.1) is 5.92 Å². The van der Waals surface area contributed by atoms with Gasteiger partial charge in [0.15, 0.2) is 18.1 Å². The zero-order valence-electron chi connectivity index (χ0n) is 19.3. The van der Waals surface area contributed by atoms with Crippen LogP contribution >= 0.6 is 11.6 Å². The maximum Gasteiger partial charge on any atom is 0.309 e. The predicted octanol–water partition coefficient (Wildman–Crippen LogP) is 4.42. The Bertz CT molecular complexity index is 1120.